The molecule has 3 N–H and O–H groups in total. The van der Waals surface area contributed by atoms with E-state index >= 15 is 0 Å². The van der Waals surface area contributed by atoms with Crippen LogP contribution >= 0.6 is 0 Å². The second-order valence-electron chi connectivity index (χ2n) is 4.33. The van der Waals surface area contributed by atoms with Crippen molar-refractivity contribution >= 4 is 11.7 Å². The number of nitrogens with two attached hydrogens (primary N) is 1. The summed E-state index contributed by atoms with van der Waals surface area (Å²) in [5.74, 6) is 0.800. The number of rotatable bonds is 3. The monoisotopic (exact) mass is 234 g/mol. The third-order valence-corrected chi connectivity index (χ3v) is 3.24. The van der Waals surface area contributed by atoms with Crippen LogP contribution in [0.25, 0.3) is 0 Å². The van der Waals surface area contributed by atoms with E-state index in [1.54, 1.807) is 12.3 Å². The molecule has 2 unspecified atom stereocenters. The fourth-order valence-electron chi connectivity index (χ4n) is 2.27. The van der Waals surface area contributed by atoms with Crippen LogP contribution in [0, 0.1) is 5.41 Å². The standard InChI is InChI=1S/C12H18N4O/c1-8-10(5-7-17-8)16(2)12-9(11(13)14)4-3-6-15-12/h3-4,6,8,10H,5,7H2,1-2H3,(H3,13,14). The first kappa shape index (κ1) is 11.9. The molecule has 0 saturated carbocycles. The number of nitrogens with one attached hydrogen (secondary N) is 1. The van der Waals surface area contributed by atoms with Gasteiger partial charge in [0.15, 0.2) is 0 Å². The highest BCUT2D eigenvalue weighted by Crippen LogP contribution is 2.24. The van der Waals surface area contributed by atoms with Gasteiger partial charge in [-0.25, -0.2) is 4.98 Å². The van der Waals surface area contributed by atoms with Crippen molar-refractivity contribution in [2.75, 3.05) is 18.6 Å². The average molecular weight is 234 g/mol. The van der Waals surface area contributed by atoms with Gasteiger partial charge in [-0.1, -0.05) is 0 Å². The van der Waals surface area contributed by atoms with Crippen molar-refractivity contribution in [1.82, 2.24) is 4.98 Å². The van der Waals surface area contributed by atoms with Crippen LogP contribution in [-0.2, 0) is 4.74 Å². The number of aromatic nitrogens is 1. The molecule has 0 bridgehead atoms. The Morgan fingerprint density at radius 3 is 3.00 bits per heavy atom. The van der Waals surface area contributed by atoms with Gasteiger partial charge in [0.2, 0.25) is 0 Å². The molecule has 0 aromatic carbocycles. The molecule has 17 heavy (non-hydrogen) atoms. The molecular formula is C12H18N4O. The number of hydrogen-bond acceptors (Lipinski definition) is 4. The number of hydrogen-bond donors (Lipinski definition) is 2. The van der Waals surface area contributed by atoms with Gasteiger partial charge in [0.25, 0.3) is 0 Å². The maximum absolute atomic E-state index is 7.57. The van der Waals surface area contributed by atoms with E-state index in [2.05, 4.69) is 16.8 Å². The molecule has 5 heteroatoms. The number of likely N-dealkylation sites (N-methyl/N-ethyl adjacent to an activating group) is 1. The highest BCUT2D eigenvalue weighted by atomic mass is 16.5. The average Bonchev–Trinajstić information content (AvgIpc) is 2.74. The van der Waals surface area contributed by atoms with Crippen LogP contribution in [0.15, 0.2) is 18.3 Å². The molecule has 1 aromatic heterocycles. The van der Waals surface area contributed by atoms with Crippen molar-refractivity contribution in [2.24, 2.45) is 5.73 Å². The van der Waals surface area contributed by atoms with Gasteiger partial charge in [-0.15, -0.1) is 0 Å². The van der Waals surface area contributed by atoms with E-state index in [4.69, 9.17) is 15.9 Å². The molecule has 0 amide bonds. The normalized spacial score (nSPS) is 23.6. The molecule has 1 aromatic rings. The van der Waals surface area contributed by atoms with Crippen molar-refractivity contribution in [3.05, 3.63) is 23.9 Å². The summed E-state index contributed by atoms with van der Waals surface area (Å²) in [6.45, 7) is 2.84. The van der Waals surface area contributed by atoms with E-state index in [1.807, 2.05) is 13.1 Å². The maximum atomic E-state index is 7.57. The largest absolute Gasteiger partial charge is 0.384 e. The number of nitrogens with zero attached hydrogens (tertiary/aromatic N) is 2. The molecule has 1 aliphatic heterocycles. The SMILES string of the molecule is CC1OCCC1N(C)c1ncccc1C(=N)N. The fraction of sp³-hybridized carbons (Fsp3) is 0.500. The van der Waals surface area contributed by atoms with Crippen LogP contribution in [0.3, 0.4) is 0 Å². The molecular weight excluding hydrogens is 216 g/mol. The third-order valence-electron chi connectivity index (χ3n) is 3.24. The molecule has 5 nitrogen and oxygen atoms in total. The lowest BCUT2D eigenvalue weighted by molar-refractivity contribution is 0.118. The molecule has 1 aliphatic rings. The molecule has 1 fully saturated rings. The lowest BCUT2D eigenvalue weighted by Gasteiger charge is -2.29. The maximum Gasteiger partial charge on any atom is 0.139 e. The second-order valence-corrected chi connectivity index (χ2v) is 4.33. The predicted molar refractivity (Wildman–Crippen MR) is 67.5 cm³/mol. The molecule has 2 atom stereocenters. The highest BCUT2D eigenvalue weighted by Gasteiger charge is 2.29. The number of ether oxygens (including phenoxy) is 1. The topological polar surface area (TPSA) is 75.2 Å². The van der Waals surface area contributed by atoms with E-state index in [0.717, 1.165) is 18.8 Å². The van der Waals surface area contributed by atoms with Gasteiger partial charge >= 0.3 is 0 Å². The molecule has 2 rings (SSSR count). The lowest BCUT2D eigenvalue weighted by Crippen LogP contribution is -2.38. The zero-order valence-corrected chi connectivity index (χ0v) is 10.2. The fourth-order valence-corrected chi connectivity index (χ4v) is 2.27. The first-order valence-electron chi connectivity index (χ1n) is 5.75. The second kappa shape index (κ2) is 4.71. The summed E-state index contributed by atoms with van der Waals surface area (Å²) >= 11 is 0. The Kier molecular flexibility index (Phi) is 3.28. The van der Waals surface area contributed by atoms with Crippen LogP contribution in [0.2, 0.25) is 0 Å². The van der Waals surface area contributed by atoms with Crippen molar-refractivity contribution in [3.8, 4) is 0 Å². The molecule has 0 radical (unpaired) electrons. The summed E-state index contributed by atoms with van der Waals surface area (Å²) in [6.07, 6.45) is 2.88. The van der Waals surface area contributed by atoms with E-state index < -0.39 is 0 Å². The molecule has 0 spiro atoms. The van der Waals surface area contributed by atoms with Gasteiger partial charge in [0.1, 0.15) is 11.7 Å². The molecule has 1 saturated heterocycles. The predicted octanol–water partition coefficient (Wildman–Crippen LogP) is 0.979. The van der Waals surface area contributed by atoms with Gasteiger partial charge in [0, 0.05) is 19.9 Å². The third kappa shape index (κ3) is 2.24. The van der Waals surface area contributed by atoms with Crippen molar-refractivity contribution in [1.29, 1.82) is 5.41 Å². The number of nitrogen functional groups attached to an aromatic ring is 1. The van der Waals surface area contributed by atoms with E-state index in [9.17, 15) is 0 Å². The van der Waals surface area contributed by atoms with E-state index in [-0.39, 0.29) is 11.9 Å². The number of pyridine rings is 1. The summed E-state index contributed by atoms with van der Waals surface area (Å²) in [4.78, 5) is 6.39. The Bertz CT molecular complexity index is 421. The highest BCUT2D eigenvalue weighted by molar-refractivity contribution is 5.99. The Balaban J connectivity index is 2.30. The minimum absolute atomic E-state index is 0.0477. The summed E-state index contributed by atoms with van der Waals surface area (Å²) in [5, 5.41) is 7.57. The quantitative estimate of drug-likeness (QED) is 0.604. The molecule has 92 valence electrons. The smallest absolute Gasteiger partial charge is 0.139 e. The summed E-state index contributed by atoms with van der Waals surface area (Å²) < 4.78 is 5.55. The van der Waals surface area contributed by atoms with Gasteiger partial charge in [-0.2, -0.15) is 0 Å². The number of amidine groups is 1. The van der Waals surface area contributed by atoms with Crippen molar-refractivity contribution in [2.45, 2.75) is 25.5 Å². The Morgan fingerprint density at radius 2 is 2.41 bits per heavy atom. The lowest BCUT2D eigenvalue weighted by atomic mass is 10.1. The van der Waals surface area contributed by atoms with Crippen molar-refractivity contribution in [3.63, 3.8) is 0 Å². The Hall–Kier alpha value is -1.62. The molecule has 0 aliphatic carbocycles. The van der Waals surface area contributed by atoms with Crippen LogP contribution in [-0.4, -0.2) is 36.6 Å². The van der Waals surface area contributed by atoms with E-state index in [0.29, 0.717) is 11.6 Å². The molecule has 2 heterocycles. The van der Waals surface area contributed by atoms with Crippen LogP contribution in [0.5, 0.6) is 0 Å². The van der Waals surface area contributed by atoms with Crippen LogP contribution < -0.4 is 10.6 Å². The first-order chi connectivity index (χ1) is 8.11. The summed E-state index contributed by atoms with van der Waals surface area (Å²) in [5.41, 5.74) is 6.25. The minimum Gasteiger partial charge on any atom is -0.384 e. The Labute approximate surface area is 101 Å². The van der Waals surface area contributed by atoms with Gasteiger partial charge in [0.05, 0.1) is 17.7 Å². The zero-order valence-electron chi connectivity index (χ0n) is 10.2. The van der Waals surface area contributed by atoms with Gasteiger partial charge in [-0.3, -0.25) is 5.41 Å². The Morgan fingerprint density at radius 1 is 1.65 bits per heavy atom. The zero-order chi connectivity index (χ0) is 12.4. The number of anilines is 1. The minimum atomic E-state index is 0.0477. The summed E-state index contributed by atoms with van der Waals surface area (Å²) in [6, 6.07) is 3.91. The first-order valence-corrected chi connectivity index (χ1v) is 5.75. The van der Waals surface area contributed by atoms with Gasteiger partial charge < -0.3 is 15.4 Å². The van der Waals surface area contributed by atoms with E-state index in [1.165, 1.54) is 0 Å². The summed E-state index contributed by atoms with van der Waals surface area (Å²) in [7, 11) is 1.98. The van der Waals surface area contributed by atoms with Crippen LogP contribution in [0.1, 0.15) is 18.9 Å². The van der Waals surface area contributed by atoms with Crippen molar-refractivity contribution < 1.29 is 4.74 Å². The van der Waals surface area contributed by atoms with Crippen LogP contribution in [0.4, 0.5) is 5.82 Å². The van der Waals surface area contributed by atoms with Gasteiger partial charge in [-0.05, 0) is 25.5 Å².